The fourth-order valence-corrected chi connectivity index (χ4v) is 5.66. The second-order valence-corrected chi connectivity index (χ2v) is 10.6. The van der Waals surface area contributed by atoms with Gasteiger partial charge in [-0.15, -0.1) is 0 Å². The molecule has 3 aromatic rings. The first kappa shape index (κ1) is 28.5. The Balaban J connectivity index is 1.31. The molecule has 41 heavy (non-hydrogen) atoms. The highest BCUT2D eigenvalue weighted by Gasteiger charge is 2.41. The zero-order chi connectivity index (χ0) is 29.1. The zero-order valence-electron chi connectivity index (χ0n) is 23.4. The molecule has 9 nitrogen and oxygen atoms in total. The molecule has 3 N–H and O–H groups in total. The summed E-state index contributed by atoms with van der Waals surface area (Å²) >= 11 is 0. The molecule has 0 spiro atoms. The maximum absolute atomic E-state index is 13.7. The number of carbonyl (C=O) groups is 2. The average Bonchev–Trinajstić information content (AvgIpc) is 3.54. The minimum absolute atomic E-state index is 0.147. The molecule has 0 bridgehead atoms. The lowest BCUT2D eigenvalue weighted by molar-refractivity contribution is -0.155. The summed E-state index contributed by atoms with van der Waals surface area (Å²) in [6.07, 6.45) is 4.34. The molecule has 2 heterocycles. The smallest absolute Gasteiger partial charge is 0.255 e. The fourth-order valence-electron chi connectivity index (χ4n) is 5.66. The molecule has 9 heteroatoms. The number of amides is 2. The third-order valence-corrected chi connectivity index (χ3v) is 7.94. The van der Waals surface area contributed by atoms with E-state index >= 15 is 0 Å². The van der Waals surface area contributed by atoms with Crippen molar-refractivity contribution in [3.63, 3.8) is 0 Å². The number of nitrogens with zero attached hydrogens (tertiary/aromatic N) is 3. The summed E-state index contributed by atoms with van der Waals surface area (Å²) in [6.45, 7) is 4.21. The Morgan fingerprint density at radius 2 is 1.76 bits per heavy atom. The summed E-state index contributed by atoms with van der Waals surface area (Å²) in [5.41, 5.74) is 4.63. The van der Waals surface area contributed by atoms with Gasteiger partial charge in [-0.3, -0.25) is 9.59 Å². The lowest BCUT2D eigenvalue weighted by Gasteiger charge is -2.43. The van der Waals surface area contributed by atoms with Crippen LogP contribution in [0.4, 0.5) is 0 Å². The Labute approximate surface area is 239 Å². The van der Waals surface area contributed by atoms with E-state index in [1.54, 1.807) is 29.8 Å². The number of piperidine rings is 1. The Kier molecular flexibility index (Phi) is 8.49. The van der Waals surface area contributed by atoms with Crippen LogP contribution in [0.5, 0.6) is 0 Å². The number of methoxy groups -OCH3 is 1. The van der Waals surface area contributed by atoms with Gasteiger partial charge in [-0.1, -0.05) is 55.5 Å². The lowest BCUT2D eigenvalue weighted by Crippen LogP contribution is -2.53. The molecule has 5 rings (SSSR count). The average molecular weight is 557 g/mol. The predicted octanol–water partition coefficient (Wildman–Crippen LogP) is 3.26. The quantitative estimate of drug-likeness (QED) is 0.392. The van der Waals surface area contributed by atoms with Gasteiger partial charge in [0, 0.05) is 32.0 Å². The van der Waals surface area contributed by atoms with Gasteiger partial charge in [-0.05, 0) is 59.9 Å². The Hall–Kier alpha value is -4.05. The number of likely N-dealkylation sites (tertiary alicyclic amines) is 1. The van der Waals surface area contributed by atoms with Crippen LogP contribution in [0.25, 0.3) is 5.69 Å². The van der Waals surface area contributed by atoms with E-state index in [0.717, 1.165) is 28.0 Å². The van der Waals surface area contributed by atoms with Gasteiger partial charge in [0.1, 0.15) is 0 Å². The first-order chi connectivity index (χ1) is 19.8. The number of rotatable bonds is 8. The molecule has 2 amide bonds. The highest BCUT2D eigenvalue weighted by atomic mass is 16.5. The molecule has 6 atom stereocenters. The lowest BCUT2D eigenvalue weighted by atomic mass is 9.79. The van der Waals surface area contributed by atoms with E-state index in [4.69, 9.17) is 4.74 Å². The summed E-state index contributed by atoms with van der Waals surface area (Å²) in [5.74, 6) is -1.34. The van der Waals surface area contributed by atoms with Gasteiger partial charge >= 0.3 is 0 Å². The molecule has 2 aromatic carbocycles. The van der Waals surface area contributed by atoms with E-state index in [9.17, 15) is 19.8 Å². The van der Waals surface area contributed by atoms with E-state index in [1.807, 2.05) is 72.9 Å². The van der Waals surface area contributed by atoms with Crippen molar-refractivity contribution in [2.45, 2.75) is 50.7 Å². The van der Waals surface area contributed by atoms with Gasteiger partial charge in [0.15, 0.2) is 12.2 Å². The first-order valence-electron chi connectivity index (χ1n) is 13.9. The monoisotopic (exact) mass is 556 g/mol. The highest BCUT2D eigenvalue weighted by molar-refractivity contribution is 5.91. The van der Waals surface area contributed by atoms with Gasteiger partial charge < -0.3 is 25.2 Å². The van der Waals surface area contributed by atoms with Gasteiger partial charge in [0.05, 0.1) is 23.9 Å². The molecule has 0 saturated carbocycles. The van der Waals surface area contributed by atoms with Crippen molar-refractivity contribution in [2.24, 2.45) is 5.92 Å². The number of hydrogen-bond donors (Lipinski definition) is 3. The van der Waals surface area contributed by atoms with Crippen LogP contribution in [0.3, 0.4) is 0 Å². The zero-order valence-corrected chi connectivity index (χ0v) is 23.4. The summed E-state index contributed by atoms with van der Waals surface area (Å²) in [7, 11) is 1.66. The summed E-state index contributed by atoms with van der Waals surface area (Å²) in [4.78, 5) is 28.2. The molecule has 1 aliphatic heterocycles. The van der Waals surface area contributed by atoms with Crippen LogP contribution < -0.4 is 5.32 Å². The van der Waals surface area contributed by atoms with Crippen molar-refractivity contribution in [3.05, 3.63) is 107 Å². The van der Waals surface area contributed by atoms with Crippen LogP contribution in [-0.2, 0) is 14.3 Å². The van der Waals surface area contributed by atoms with Crippen LogP contribution >= 0.6 is 0 Å². The van der Waals surface area contributed by atoms with E-state index in [-0.39, 0.29) is 12.0 Å². The largest absolute Gasteiger partial charge is 0.380 e. The molecular formula is C32H36N4O5. The number of aromatic nitrogens is 2. The Bertz CT molecular complexity index is 1420. The van der Waals surface area contributed by atoms with Crippen LogP contribution in [0.15, 0.2) is 96.4 Å². The molecule has 3 unspecified atom stereocenters. The van der Waals surface area contributed by atoms with Crippen molar-refractivity contribution >= 4 is 11.8 Å². The summed E-state index contributed by atoms with van der Waals surface area (Å²) in [5, 5.41) is 28.7. The normalized spacial score (nSPS) is 22.6. The molecule has 1 aromatic heterocycles. The number of fused-ring (bicyclic) bond motifs is 1. The number of nitrogens with one attached hydrogen (secondary N) is 1. The second kappa shape index (κ2) is 12.2. The number of benzene rings is 2. The molecule has 214 valence electrons. The van der Waals surface area contributed by atoms with E-state index in [0.29, 0.717) is 13.0 Å². The SMILES string of the molecule is COC1C=C2C(=CC1C)CCN(C(=O)[C@H](O)[C@@H](O)C(=O)N[C@H](C)c1ccc(-n3cccn3)cc1)C2c1ccccc1. The van der Waals surface area contributed by atoms with Gasteiger partial charge in [0.25, 0.3) is 11.8 Å². The van der Waals surface area contributed by atoms with Crippen molar-refractivity contribution < 1.29 is 24.5 Å². The van der Waals surface area contributed by atoms with Crippen LogP contribution in [0.2, 0.25) is 0 Å². The molecule has 1 fully saturated rings. The minimum atomic E-state index is -1.94. The minimum Gasteiger partial charge on any atom is -0.380 e. The Morgan fingerprint density at radius 1 is 1.02 bits per heavy atom. The molecular weight excluding hydrogens is 520 g/mol. The van der Waals surface area contributed by atoms with Crippen molar-refractivity contribution in [1.29, 1.82) is 0 Å². The van der Waals surface area contributed by atoms with E-state index in [1.165, 1.54) is 0 Å². The maximum Gasteiger partial charge on any atom is 0.255 e. The summed E-state index contributed by atoms with van der Waals surface area (Å²) in [6, 6.07) is 17.9. The maximum atomic E-state index is 13.7. The van der Waals surface area contributed by atoms with Crippen molar-refractivity contribution in [2.75, 3.05) is 13.7 Å². The molecule has 1 aliphatic carbocycles. The van der Waals surface area contributed by atoms with Crippen molar-refractivity contribution in [3.8, 4) is 5.69 Å². The molecule has 0 radical (unpaired) electrons. The van der Waals surface area contributed by atoms with Crippen molar-refractivity contribution in [1.82, 2.24) is 20.0 Å². The first-order valence-corrected chi connectivity index (χ1v) is 13.9. The summed E-state index contributed by atoms with van der Waals surface area (Å²) < 4.78 is 7.40. The number of ether oxygens (including phenoxy) is 1. The molecule has 1 saturated heterocycles. The van der Waals surface area contributed by atoms with Crippen LogP contribution in [-0.4, -0.2) is 68.7 Å². The van der Waals surface area contributed by atoms with Gasteiger partial charge in [-0.2, -0.15) is 5.10 Å². The third-order valence-electron chi connectivity index (χ3n) is 7.94. The number of hydrogen-bond acceptors (Lipinski definition) is 6. The van der Waals surface area contributed by atoms with Gasteiger partial charge in [0.2, 0.25) is 0 Å². The van der Waals surface area contributed by atoms with Crippen LogP contribution in [0.1, 0.15) is 43.5 Å². The number of aliphatic hydroxyl groups is 2. The van der Waals surface area contributed by atoms with E-state index in [2.05, 4.69) is 23.4 Å². The number of aliphatic hydroxyl groups excluding tert-OH is 2. The molecule has 2 aliphatic rings. The van der Waals surface area contributed by atoms with Crippen LogP contribution in [0, 0.1) is 5.92 Å². The second-order valence-electron chi connectivity index (χ2n) is 10.6. The van der Waals surface area contributed by atoms with Gasteiger partial charge in [-0.25, -0.2) is 4.68 Å². The highest BCUT2D eigenvalue weighted by Crippen LogP contribution is 2.42. The number of carbonyl (C=O) groups excluding carboxylic acids is 2. The topological polar surface area (TPSA) is 117 Å². The Morgan fingerprint density at radius 3 is 2.41 bits per heavy atom. The standard InChI is InChI=1S/C32H36N4O5/c1-20-18-24-14-17-35(28(23-8-5-4-6-9-23)26(24)19-27(20)41-3)32(40)30(38)29(37)31(39)34-21(2)22-10-12-25(13-11-22)36-16-7-15-33-36/h4-13,15-16,18-21,27-30,37-38H,14,17H2,1-3H3,(H,34,39)/t20?,21-,27?,28?,29-,30-/m1/s1. The third kappa shape index (κ3) is 5.88. The predicted molar refractivity (Wildman–Crippen MR) is 154 cm³/mol. The van der Waals surface area contributed by atoms with E-state index < -0.39 is 36.1 Å². The fraction of sp³-hybridized carbons (Fsp3) is 0.344.